The van der Waals surface area contributed by atoms with Gasteiger partial charge in [0.2, 0.25) is 5.88 Å². The van der Waals surface area contributed by atoms with E-state index in [1.54, 1.807) is 6.33 Å². The molecule has 1 aromatic carbocycles. The SMILES string of the molecule is CCCCc1cncnc1OCc1ccc(C(C)(C)C)cc1. The molecule has 0 saturated heterocycles. The van der Waals surface area contributed by atoms with Crippen LogP contribution in [0.4, 0.5) is 0 Å². The summed E-state index contributed by atoms with van der Waals surface area (Å²) in [5.41, 5.74) is 3.77. The van der Waals surface area contributed by atoms with Gasteiger partial charge in [-0.3, -0.25) is 0 Å². The van der Waals surface area contributed by atoms with Crippen molar-refractivity contribution >= 4 is 0 Å². The number of hydrogen-bond acceptors (Lipinski definition) is 3. The van der Waals surface area contributed by atoms with Crippen LogP contribution in [0.3, 0.4) is 0 Å². The Bertz CT molecular complexity index is 585. The van der Waals surface area contributed by atoms with Crippen molar-refractivity contribution in [2.75, 3.05) is 0 Å². The molecule has 0 N–H and O–H groups in total. The average Bonchev–Trinajstić information content (AvgIpc) is 2.51. The number of unbranched alkanes of at least 4 members (excludes halogenated alkanes) is 1. The van der Waals surface area contributed by atoms with Crippen LogP contribution in [0.2, 0.25) is 0 Å². The highest BCUT2D eigenvalue weighted by molar-refractivity contribution is 5.28. The lowest BCUT2D eigenvalue weighted by Crippen LogP contribution is -2.11. The Balaban J connectivity index is 2.01. The molecule has 118 valence electrons. The van der Waals surface area contributed by atoms with Crippen molar-refractivity contribution in [3.8, 4) is 5.88 Å². The van der Waals surface area contributed by atoms with E-state index in [1.165, 1.54) is 5.56 Å². The van der Waals surface area contributed by atoms with Crippen LogP contribution in [0.5, 0.6) is 5.88 Å². The first-order valence-electron chi connectivity index (χ1n) is 8.02. The third-order valence-corrected chi connectivity index (χ3v) is 3.74. The quantitative estimate of drug-likeness (QED) is 0.775. The van der Waals surface area contributed by atoms with Gasteiger partial charge in [-0.05, 0) is 29.4 Å². The molecule has 0 aliphatic carbocycles. The summed E-state index contributed by atoms with van der Waals surface area (Å²) < 4.78 is 5.89. The summed E-state index contributed by atoms with van der Waals surface area (Å²) in [4.78, 5) is 8.37. The van der Waals surface area contributed by atoms with Gasteiger partial charge in [-0.15, -0.1) is 0 Å². The first kappa shape index (κ1) is 16.5. The third-order valence-electron chi connectivity index (χ3n) is 3.74. The van der Waals surface area contributed by atoms with Crippen molar-refractivity contribution in [1.29, 1.82) is 0 Å². The number of ether oxygens (including phenoxy) is 1. The van der Waals surface area contributed by atoms with E-state index in [4.69, 9.17) is 4.74 Å². The number of aryl methyl sites for hydroxylation is 1. The Morgan fingerprint density at radius 1 is 1.09 bits per heavy atom. The van der Waals surface area contributed by atoms with Gasteiger partial charge in [-0.25, -0.2) is 9.97 Å². The summed E-state index contributed by atoms with van der Waals surface area (Å²) in [6.45, 7) is 9.39. The minimum atomic E-state index is 0.180. The maximum absolute atomic E-state index is 5.89. The molecule has 2 aromatic rings. The van der Waals surface area contributed by atoms with Crippen molar-refractivity contribution in [1.82, 2.24) is 9.97 Å². The Morgan fingerprint density at radius 3 is 2.45 bits per heavy atom. The molecule has 0 amide bonds. The zero-order valence-corrected chi connectivity index (χ0v) is 14.1. The lowest BCUT2D eigenvalue weighted by atomic mass is 9.87. The summed E-state index contributed by atoms with van der Waals surface area (Å²) >= 11 is 0. The minimum absolute atomic E-state index is 0.180. The van der Waals surface area contributed by atoms with Gasteiger partial charge in [0.15, 0.2) is 0 Å². The lowest BCUT2D eigenvalue weighted by Gasteiger charge is -2.19. The molecule has 1 aromatic heterocycles. The Hall–Kier alpha value is -1.90. The van der Waals surface area contributed by atoms with Crippen LogP contribution in [0, 0.1) is 0 Å². The molecule has 2 rings (SSSR count). The summed E-state index contributed by atoms with van der Waals surface area (Å²) in [5, 5.41) is 0. The Morgan fingerprint density at radius 2 is 1.82 bits per heavy atom. The standard InChI is InChI=1S/C19H26N2O/c1-5-6-7-16-12-20-14-21-18(16)22-13-15-8-10-17(11-9-15)19(2,3)4/h8-12,14H,5-7,13H2,1-4H3. The molecule has 0 aliphatic rings. The molecular weight excluding hydrogens is 272 g/mol. The molecule has 0 radical (unpaired) electrons. The summed E-state index contributed by atoms with van der Waals surface area (Å²) in [6, 6.07) is 8.62. The highest BCUT2D eigenvalue weighted by Crippen LogP contribution is 2.23. The maximum atomic E-state index is 5.89. The fourth-order valence-electron chi connectivity index (χ4n) is 2.27. The topological polar surface area (TPSA) is 35.0 Å². The zero-order chi connectivity index (χ0) is 16.0. The minimum Gasteiger partial charge on any atom is -0.473 e. The van der Waals surface area contributed by atoms with E-state index in [-0.39, 0.29) is 5.41 Å². The first-order valence-corrected chi connectivity index (χ1v) is 8.02. The van der Waals surface area contributed by atoms with Crippen LogP contribution in [-0.4, -0.2) is 9.97 Å². The van der Waals surface area contributed by atoms with E-state index in [2.05, 4.69) is 61.9 Å². The zero-order valence-electron chi connectivity index (χ0n) is 14.1. The van der Waals surface area contributed by atoms with Crippen LogP contribution in [-0.2, 0) is 18.4 Å². The summed E-state index contributed by atoms with van der Waals surface area (Å²) in [5.74, 6) is 0.711. The molecular formula is C19H26N2O. The predicted molar refractivity (Wildman–Crippen MR) is 90.1 cm³/mol. The van der Waals surface area contributed by atoms with Gasteiger partial charge in [-0.1, -0.05) is 58.4 Å². The second kappa shape index (κ2) is 7.39. The van der Waals surface area contributed by atoms with Gasteiger partial charge in [0.25, 0.3) is 0 Å². The molecule has 1 heterocycles. The van der Waals surface area contributed by atoms with E-state index in [0.29, 0.717) is 12.5 Å². The number of aromatic nitrogens is 2. The van der Waals surface area contributed by atoms with Crippen LogP contribution in [0.1, 0.15) is 57.2 Å². The predicted octanol–water partition coefficient (Wildman–Crippen LogP) is 4.70. The largest absolute Gasteiger partial charge is 0.473 e. The normalized spacial score (nSPS) is 11.5. The van der Waals surface area contributed by atoms with Gasteiger partial charge < -0.3 is 4.74 Å². The van der Waals surface area contributed by atoms with E-state index >= 15 is 0 Å². The molecule has 3 heteroatoms. The fourth-order valence-corrected chi connectivity index (χ4v) is 2.27. The number of benzene rings is 1. The molecule has 0 bridgehead atoms. The van der Waals surface area contributed by atoms with Crippen molar-refractivity contribution in [2.45, 2.75) is 59.0 Å². The molecule has 0 unspecified atom stereocenters. The van der Waals surface area contributed by atoms with Crippen molar-refractivity contribution in [3.63, 3.8) is 0 Å². The van der Waals surface area contributed by atoms with E-state index in [9.17, 15) is 0 Å². The molecule has 0 saturated carbocycles. The molecule has 0 atom stereocenters. The van der Waals surface area contributed by atoms with Crippen LogP contribution in [0.15, 0.2) is 36.8 Å². The summed E-state index contributed by atoms with van der Waals surface area (Å²) in [7, 11) is 0. The molecule has 22 heavy (non-hydrogen) atoms. The van der Waals surface area contributed by atoms with Gasteiger partial charge in [0.1, 0.15) is 12.9 Å². The van der Waals surface area contributed by atoms with Crippen molar-refractivity contribution in [3.05, 3.63) is 53.5 Å². The monoisotopic (exact) mass is 298 g/mol. The van der Waals surface area contributed by atoms with Gasteiger partial charge in [0, 0.05) is 11.8 Å². The molecule has 0 aliphatic heterocycles. The number of rotatable bonds is 6. The number of nitrogens with zero attached hydrogens (tertiary/aromatic N) is 2. The fraction of sp³-hybridized carbons (Fsp3) is 0.474. The van der Waals surface area contributed by atoms with E-state index in [1.807, 2.05) is 6.20 Å². The van der Waals surface area contributed by atoms with Gasteiger partial charge in [0.05, 0.1) is 0 Å². The van der Waals surface area contributed by atoms with Gasteiger partial charge in [-0.2, -0.15) is 0 Å². The maximum Gasteiger partial charge on any atom is 0.219 e. The van der Waals surface area contributed by atoms with Crippen LogP contribution >= 0.6 is 0 Å². The highest BCUT2D eigenvalue weighted by atomic mass is 16.5. The lowest BCUT2D eigenvalue weighted by molar-refractivity contribution is 0.289. The second-order valence-electron chi connectivity index (χ2n) is 6.69. The third kappa shape index (κ3) is 4.55. The van der Waals surface area contributed by atoms with Crippen LogP contribution in [0.25, 0.3) is 0 Å². The van der Waals surface area contributed by atoms with Crippen molar-refractivity contribution in [2.24, 2.45) is 0 Å². The van der Waals surface area contributed by atoms with Crippen LogP contribution < -0.4 is 4.74 Å². The average molecular weight is 298 g/mol. The second-order valence-corrected chi connectivity index (χ2v) is 6.69. The smallest absolute Gasteiger partial charge is 0.219 e. The van der Waals surface area contributed by atoms with Gasteiger partial charge >= 0.3 is 0 Å². The summed E-state index contributed by atoms with van der Waals surface area (Å²) in [6.07, 6.45) is 6.66. The molecule has 3 nitrogen and oxygen atoms in total. The number of hydrogen-bond donors (Lipinski definition) is 0. The molecule has 0 fully saturated rings. The Labute approximate surface area is 133 Å². The van der Waals surface area contributed by atoms with E-state index < -0.39 is 0 Å². The first-order chi connectivity index (χ1) is 10.5. The Kier molecular flexibility index (Phi) is 5.53. The van der Waals surface area contributed by atoms with Crippen molar-refractivity contribution < 1.29 is 4.74 Å². The molecule has 0 spiro atoms. The highest BCUT2D eigenvalue weighted by Gasteiger charge is 2.13. The van der Waals surface area contributed by atoms with E-state index in [0.717, 1.165) is 30.4 Å².